The molecule has 0 fully saturated rings. The molecule has 116 valence electrons. The highest BCUT2D eigenvalue weighted by molar-refractivity contribution is 5.96. The fourth-order valence-electron chi connectivity index (χ4n) is 1.57. The number of rotatable bonds is 5. The minimum absolute atomic E-state index is 0.122. The van der Waals surface area contributed by atoms with Crippen molar-refractivity contribution in [3.05, 3.63) is 29.8 Å². The van der Waals surface area contributed by atoms with E-state index in [1.54, 1.807) is 13.8 Å². The van der Waals surface area contributed by atoms with Crippen LogP contribution in [0.4, 0.5) is 13.2 Å². The molecule has 21 heavy (non-hydrogen) atoms. The van der Waals surface area contributed by atoms with Gasteiger partial charge in [-0.3, -0.25) is 4.79 Å². The van der Waals surface area contributed by atoms with Crippen LogP contribution in [0.5, 0.6) is 5.75 Å². The average molecular weight is 305 g/mol. The molecular weight excluding hydrogens is 291 g/mol. The summed E-state index contributed by atoms with van der Waals surface area (Å²) in [5.41, 5.74) is -0.122. The molecule has 1 atom stereocenters. The van der Waals surface area contributed by atoms with E-state index in [2.05, 4.69) is 10.1 Å². The van der Waals surface area contributed by atoms with Gasteiger partial charge in [-0.1, -0.05) is 19.9 Å². The summed E-state index contributed by atoms with van der Waals surface area (Å²) in [5, 5.41) is 11.2. The maximum atomic E-state index is 12.1. The Labute approximate surface area is 118 Å². The molecule has 0 aliphatic rings. The van der Waals surface area contributed by atoms with Crippen molar-refractivity contribution < 1.29 is 32.6 Å². The van der Waals surface area contributed by atoms with Crippen LogP contribution in [0.25, 0.3) is 0 Å². The first-order chi connectivity index (χ1) is 9.60. The van der Waals surface area contributed by atoms with Crippen molar-refractivity contribution in [2.75, 3.05) is 0 Å². The van der Waals surface area contributed by atoms with E-state index in [1.807, 2.05) is 0 Å². The van der Waals surface area contributed by atoms with Gasteiger partial charge in [0.25, 0.3) is 5.91 Å². The van der Waals surface area contributed by atoms with Crippen molar-refractivity contribution >= 4 is 11.9 Å². The lowest BCUT2D eigenvalue weighted by Gasteiger charge is -2.18. The predicted octanol–water partition coefficient (Wildman–Crippen LogP) is 2.42. The third kappa shape index (κ3) is 5.33. The zero-order valence-corrected chi connectivity index (χ0v) is 11.3. The molecule has 1 unspecified atom stereocenters. The Balaban J connectivity index is 2.88. The van der Waals surface area contributed by atoms with Crippen molar-refractivity contribution in [3.8, 4) is 5.75 Å². The average Bonchev–Trinajstić information content (AvgIpc) is 2.33. The fourth-order valence-corrected chi connectivity index (χ4v) is 1.57. The lowest BCUT2D eigenvalue weighted by Crippen LogP contribution is -2.44. The molecule has 1 amide bonds. The summed E-state index contributed by atoms with van der Waals surface area (Å²) in [4.78, 5) is 22.8. The molecule has 0 heterocycles. The Bertz CT molecular complexity index is 528. The van der Waals surface area contributed by atoms with Gasteiger partial charge >= 0.3 is 12.3 Å². The molecule has 1 aromatic rings. The monoisotopic (exact) mass is 305 g/mol. The van der Waals surface area contributed by atoms with Crippen molar-refractivity contribution in [2.24, 2.45) is 5.92 Å². The van der Waals surface area contributed by atoms with Crippen LogP contribution >= 0.6 is 0 Å². The van der Waals surface area contributed by atoms with E-state index in [4.69, 9.17) is 5.11 Å². The first-order valence-electron chi connectivity index (χ1n) is 5.99. The van der Waals surface area contributed by atoms with E-state index in [0.29, 0.717) is 0 Å². The zero-order chi connectivity index (χ0) is 16.2. The second-order valence-electron chi connectivity index (χ2n) is 4.61. The molecule has 0 radical (unpaired) electrons. The number of carbonyl (C=O) groups excluding carboxylic acids is 1. The van der Waals surface area contributed by atoms with Crippen LogP contribution in [0.2, 0.25) is 0 Å². The van der Waals surface area contributed by atoms with E-state index < -0.39 is 30.0 Å². The number of halogens is 3. The van der Waals surface area contributed by atoms with E-state index >= 15 is 0 Å². The minimum atomic E-state index is -4.86. The third-order valence-corrected chi connectivity index (χ3v) is 2.55. The Kier molecular flexibility index (Phi) is 5.17. The summed E-state index contributed by atoms with van der Waals surface area (Å²) in [6.07, 6.45) is -4.86. The first kappa shape index (κ1) is 16.8. The lowest BCUT2D eigenvalue weighted by atomic mass is 10.0. The molecule has 0 aliphatic carbocycles. The molecule has 0 bridgehead atoms. The molecular formula is C13H14F3NO4. The van der Waals surface area contributed by atoms with Gasteiger partial charge in [-0.05, 0) is 24.1 Å². The van der Waals surface area contributed by atoms with Crippen LogP contribution < -0.4 is 10.1 Å². The quantitative estimate of drug-likeness (QED) is 0.876. The summed E-state index contributed by atoms with van der Waals surface area (Å²) >= 11 is 0. The molecule has 1 aromatic carbocycles. The molecule has 0 aromatic heterocycles. The van der Waals surface area contributed by atoms with Crippen LogP contribution in [-0.4, -0.2) is 29.4 Å². The van der Waals surface area contributed by atoms with Gasteiger partial charge in [0.2, 0.25) is 0 Å². The highest BCUT2D eigenvalue weighted by Crippen LogP contribution is 2.23. The molecule has 0 saturated carbocycles. The number of hydrogen-bond donors (Lipinski definition) is 2. The second kappa shape index (κ2) is 6.47. The van der Waals surface area contributed by atoms with E-state index in [-0.39, 0.29) is 11.5 Å². The normalized spacial score (nSPS) is 12.9. The molecule has 8 heteroatoms. The van der Waals surface area contributed by atoms with Crippen molar-refractivity contribution in [1.82, 2.24) is 5.32 Å². The number of alkyl halides is 3. The van der Waals surface area contributed by atoms with Crippen molar-refractivity contribution in [1.29, 1.82) is 0 Å². The smallest absolute Gasteiger partial charge is 0.480 e. The van der Waals surface area contributed by atoms with Crippen molar-refractivity contribution in [2.45, 2.75) is 26.3 Å². The van der Waals surface area contributed by atoms with Crippen LogP contribution in [0.15, 0.2) is 24.3 Å². The van der Waals surface area contributed by atoms with Gasteiger partial charge in [-0.2, -0.15) is 0 Å². The SMILES string of the molecule is CC(C)C(NC(=O)c1cccc(OC(F)(F)F)c1)C(=O)O. The number of nitrogens with one attached hydrogen (secondary N) is 1. The highest BCUT2D eigenvalue weighted by Gasteiger charge is 2.31. The number of benzene rings is 1. The number of aliphatic carboxylic acids is 1. The Morgan fingerprint density at radius 2 is 1.90 bits per heavy atom. The summed E-state index contributed by atoms with van der Waals surface area (Å²) < 4.78 is 40.0. The number of carboxylic acids is 1. The molecule has 0 aliphatic heterocycles. The first-order valence-corrected chi connectivity index (χ1v) is 5.99. The summed E-state index contributed by atoms with van der Waals surface area (Å²) in [7, 11) is 0. The number of carboxylic acid groups (broad SMARTS) is 1. The van der Waals surface area contributed by atoms with Gasteiger partial charge in [-0.15, -0.1) is 13.2 Å². The summed E-state index contributed by atoms with van der Waals surface area (Å²) in [6, 6.07) is 3.27. The molecule has 5 nitrogen and oxygen atoms in total. The van der Waals surface area contributed by atoms with Gasteiger partial charge in [0.05, 0.1) is 0 Å². The van der Waals surface area contributed by atoms with E-state index in [1.165, 1.54) is 12.1 Å². The number of carbonyl (C=O) groups is 2. The molecule has 2 N–H and O–H groups in total. The number of hydrogen-bond acceptors (Lipinski definition) is 3. The largest absolute Gasteiger partial charge is 0.573 e. The minimum Gasteiger partial charge on any atom is -0.480 e. The van der Waals surface area contributed by atoms with Crippen LogP contribution in [-0.2, 0) is 4.79 Å². The van der Waals surface area contributed by atoms with Crippen LogP contribution in [0.3, 0.4) is 0 Å². The van der Waals surface area contributed by atoms with Crippen LogP contribution in [0, 0.1) is 5.92 Å². The molecule has 0 spiro atoms. The fraction of sp³-hybridized carbons (Fsp3) is 0.385. The van der Waals surface area contributed by atoms with Gasteiger partial charge in [0, 0.05) is 5.56 Å². The van der Waals surface area contributed by atoms with Gasteiger partial charge < -0.3 is 15.2 Å². The van der Waals surface area contributed by atoms with Crippen molar-refractivity contribution in [3.63, 3.8) is 0 Å². The Morgan fingerprint density at radius 1 is 1.29 bits per heavy atom. The maximum absolute atomic E-state index is 12.1. The van der Waals surface area contributed by atoms with E-state index in [9.17, 15) is 22.8 Å². The highest BCUT2D eigenvalue weighted by atomic mass is 19.4. The topological polar surface area (TPSA) is 75.6 Å². The second-order valence-corrected chi connectivity index (χ2v) is 4.61. The Morgan fingerprint density at radius 3 is 2.38 bits per heavy atom. The van der Waals surface area contributed by atoms with E-state index in [0.717, 1.165) is 12.1 Å². The number of ether oxygens (including phenoxy) is 1. The zero-order valence-electron chi connectivity index (χ0n) is 11.3. The van der Waals surface area contributed by atoms with Gasteiger partial charge in [-0.25, -0.2) is 4.79 Å². The molecule has 1 rings (SSSR count). The standard InChI is InChI=1S/C13H14F3NO4/c1-7(2)10(12(19)20)17-11(18)8-4-3-5-9(6-8)21-13(14,15)16/h3-7,10H,1-2H3,(H,17,18)(H,19,20). The Hall–Kier alpha value is -2.25. The van der Waals surface area contributed by atoms with Gasteiger partial charge in [0.15, 0.2) is 0 Å². The summed E-state index contributed by atoms with van der Waals surface area (Å²) in [6.45, 7) is 3.20. The maximum Gasteiger partial charge on any atom is 0.573 e. The molecule has 0 saturated heterocycles. The number of amides is 1. The predicted molar refractivity (Wildman–Crippen MR) is 66.9 cm³/mol. The third-order valence-electron chi connectivity index (χ3n) is 2.55. The lowest BCUT2D eigenvalue weighted by molar-refractivity contribution is -0.274. The summed E-state index contributed by atoms with van der Waals surface area (Å²) in [5.74, 6) is -2.93. The van der Waals surface area contributed by atoms with Gasteiger partial charge in [0.1, 0.15) is 11.8 Å². The van der Waals surface area contributed by atoms with Crippen LogP contribution in [0.1, 0.15) is 24.2 Å².